The van der Waals surface area contributed by atoms with E-state index < -0.39 is 0 Å². The Morgan fingerprint density at radius 1 is 1.11 bits per heavy atom. The van der Waals surface area contributed by atoms with Gasteiger partial charge >= 0.3 is 0 Å². The summed E-state index contributed by atoms with van der Waals surface area (Å²) in [7, 11) is 0. The third-order valence-corrected chi connectivity index (χ3v) is 4.36. The van der Waals surface area contributed by atoms with Crippen LogP contribution >= 0.6 is 38.5 Å². The predicted molar refractivity (Wildman–Crippen MR) is 87.0 cm³/mol. The van der Waals surface area contributed by atoms with Gasteiger partial charge in [-0.15, -0.1) is 0 Å². The average Bonchev–Trinajstić information content (AvgIpc) is 2.43. The van der Waals surface area contributed by atoms with Gasteiger partial charge in [0.2, 0.25) is 0 Å². The van der Waals surface area contributed by atoms with Gasteiger partial charge in [0.05, 0.1) is 12.7 Å². The molecule has 2 rings (SSSR count). The number of hydrogen-bond acceptors (Lipinski definition) is 1. The van der Waals surface area contributed by atoms with E-state index in [1.165, 1.54) is 6.07 Å². The molecule has 0 heterocycles. The highest BCUT2D eigenvalue weighted by Gasteiger charge is 2.15. The topological polar surface area (TPSA) is 9.23 Å². The van der Waals surface area contributed by atoms with E-state index in [0.29, 0.717) is 16.6 Å². The first-order valence-electron chi connectivity index (χ1n) is 5.87. The molecular weight excluding hydrogens is 422 g/mol. The van der Waals surface area contributed by atoms with Gasteiger partial charge in [-0.2, -0.15) is 0 Å². The lowest BCUT2D eigenvalue weighted by Crippen LogP contribution is -2.08. The molecule has 100 valence electrons. The quantitative estimate of drug-likeness (QED) is 0.459. The first-order valence-corrected chi connectivity index (χ1v) is 8.19. The van der Waals surface area contributed by atoms with Crippen LogP contribution in [0.1, 0.15) is 17.2 Å². The molecule has 1 nitrogen and oxygen atoms in total. The number of alkyl halides is 1. The molecule has 0 saturated carbocycles. The first-order chi connectivity index (χ1) is 9.22. The molecule has 0 spiro atoms. The van der Waals surface area contributed by atoms with Gasteiger partial charge in [-0.3, -0.25) is 0 Å². The molecule has 1 atom stereocenters. The maximum atomic E-state index is 13.7. The summed E-state index contributed by atoms with van der Waals surface area (Å²) >= 11 is 5.70. The van der Waals surface area contributed by atoms with Crippen molar-refractivity contribution in [1.29, 1.82) is 0 Å². The average molecular weight is 435 g/mol. The lowest BCUT2D eigenvalue weighted by molar-refractivity contribution is 0.0550. The molecule has 0 amide bonds. The van der Waals surface area contributed by atoms with E-state index in [0.717, 1.165) is 10.0 Å². The molecule has 19 heavy (non-hydrogen) atoms. The van der Waals surface area contributed by atoms with Crippen molar-refractivity contribution in [3.63, 3.8) is 0 Å². The largest absolute Gasteiger partial charge is 0.368 e. The van der Waals surface area contributed by atoms with E-state index >= 15 is 0 Å². The summed E-state index contributed by atoms with van der Waals surface area (Å²) in [4.78, 5) is 0. The molecule has 0 saturated heterocycles. The molecule has 0 aliphatic carbocycles. The lowest BCUT2D eigenvalue weighted by atomic mass is 10.1. The van der Waals surface area contributed by atoms with Crippen molar-refractivity contribution in [2.75, 3.05) is 4.43 Å². The summed E-state index contributed by atoms with van der Waals surface area (Å²) in [5.41, 5.74) is 1.68. The highest BCUT2D eigenvalue weighted by Crippen LogP contribution is 2.25. The highest BCUT2D eigenvalue weighted by atomic mass is 127. The van der Waals surface area contributed by atoms with Gasteiger partial charge in [0.25, 0.3) is 0 Å². The van der Waals surface area contributed by atoms with Crippen LogP contribution in [0, 0.1) is 5.82 Å². The third kappa shape index (κ3) is 4.00. The number of hydrogen-bond donors (Lipinski definition) is 0. The van der Waals surface area contributed by atoms with Crippen LogP contribution in [0.5, 0.6) is 0 Å². The normalized spacial score (nSPS) is 12.4. The SMILES string of the molecule is Fc1ccccc1C(CI)OCc1ccccc1Br. The van der Waals surface area contributed by atoms with Gasteiger partial charge in [0.15, 0.2) is 0 Å². The van der Waals surface area contributed by atoms with Gasteiger partial charge in [0, 0.05) is 14.5 Å². The Kier molecular flexibility index (Phi) is 5.78. The minimum Gasteiger partial charge on any atom is -0.368 e. The predicted octanol–water partition coefficient (Wildman–Crippen LogP) is 5.28. The molecule has 0 aromatic heterocycles. The fourth-order valence-electron chi connectivity index (χ4n) is 1.76. The van der Waals surface area contributed by atoms with Crippen LogP contribution in [0.2, 0.25) is 0 Å². The van der Waals surface area contributed by atoms with E-state index in [1.54, 1.807) is 12.1 Å². The van der Waals surface area contributed by atoms with Gasteiger partial charge in [0.1, 0.15) is 5.82 Å². The molecule has 0 fully saturated rings. The summed E-state index contributed by atoms with van der Waals surface area (Å²) in [6, 6.07) is 14.7. The second-order valence-corrected chi connectivity index (χ2v) is 5.80. The van der Waals surface area contributed by atoms with E-state index in [-0.39, 0.29) is 11.9 Å². The van der Waals surface area contributed by atoms with Crippen LogP contribution in [0.3, 0.4) is 0 Å². The monoisotopic (exact) mass is 434 g/mol. The third-order valence-electron chi connectivity index (χ3n) is 2.79. The minimum atomic E-state index is -0.228. The summed E-state index contributed by atoms with van der Waals surface area (Å²) in [6.45, 7) is 0.462. The minimum absolute atomic E-state index is 0.212. The van der Waals surface area contributed by atoms with Crippen LogP contribution in [0.4, 0.5) is 4.39 Å². The molecule has 4 heteroatoms. The Morgan fingerprint density at radius 3 is 2.47 bits per heavy atom. The Hall–Kier alpha value is -0.460. The maximum Gasteiger partial charge on any atom is 0.129 e. The Labute approximate surface area is 134 Å². The lowest BCUT2D eigenvalue weighted by Gasteiger charge is -2.17. The Balaban J connectivity index is 2.09. The van der Waals surface area contributed by atoms with E-state index in [4.69, 9.17) is 4.74 Å². The Bertz CT molecular complexity index is 547. The van der Waals surface area contributed by atoms with Gasteiger partial charge < -0.3 is 4.74 Å². The van der Waals surface area contributed by atoms with E-state index in [9.17, 15) is 4.39 Å². The second-order valence-electron chi connectivity index (χ2n) is 4.07. The van der Waals surface area contributed by atoms with E-state index in [2.05, 4.69) is 38.5 Å². The molecule has 0 N–H and O–H groups in total. The molecule has 2 aromatic rings. The van der Waals surface area contributed by atoms with Crippen LogP contribution in [0.25, 0.3) is 0 Å². The smallest absolute Gasteiger partial charge is 0.129 e. The van der Waals surface area contributed by atoms with Crippen molar-refractivity contribution in [3.8, 4) is 0 Å². The zero-order chi connectivity index (χ0) is 13.7. The summed E-state index contributed by atoms with van der Waals surface area (Å²) in [5, 5.41) is 0. The van der Waals surface area contributed by atoms with Gasteiger partial charge in [-0.1, -0.05) is 74.9 Å². The standard InChI is InChI=1S/C15H13BrFIO/c16-13-7-3-1-5-11(13)10-19-15(9-18)12-6-2-4-8-14(12)17/h1-8,15H,9-10H2. The molecule has 2 aromatic carbocycles. The van der Waals surface area contributed by atoms with Crippen molar-refractivity contribution in [2.45, 2.75) is 12.7 Å². The van der Waals surface area contributed by atoms with Crippen LogP contribution in [-0.2, 0) is 11.3 Å². The maximum absolute atomic E-state index is 13.7. The first kappa shape index (κ1) is 14.9. The molecule has 1 unspecified atom stereocenters. The summed E-state index contributed by atoms with van der Waals surface area (Å²) in [6.07, 6.45) is -0.228. The summed E-state index contributed by atoms with van der Waals surface area (Å²) in [5.74, 6) is -0.212. The van der Waals surface area contributed by atoms with Crippen molar-refractivity contribution in [2.24, 2.45) is 0 Å². The molecular formula is C15H13BrFIO. The van der Waals surface area contributed by atoms with Crippen LogP contribution in [0.15, 0.2) is 53.0 Å². The van der Waals surface area contributed by atoms with Crippen molar-refractivity contribution in [1.82, 2.24) is 0 Å². The number of halogens is 3. The highest BCUT2D eigenvalue weighted by molar-refractivity contribution is 14.1. The second kappa shape index (κ2) is 7.36. The molecule has 0 bridgehead atoms. The van der Waals surface area contributed by atoms with E-state index in [1.807, 2.05) is 30.3 Å². The molecule has 0 aliphatic rings. The van der Waals surface area contributed by atoms with Crippen molar-refractivity contribution >= 4 is 38.5 Å². The number of rotatable bonds is 5. The molecule has 0 radical (unpaired) electrons. The summed E-state index contributed by atoms with van der Waals surface area (Å²) < 4.78 is 21.3. The van der Waals surface area contributed by atoms with Crippen molar-refractivity contribution < 1.29 is 9.13 Å². The van der Waals surface area contributed by atoms with Gasteiger partial charge in [-0.05, 0) is 17.7 Å². The van der Waals surface area contributed by atoms with Crippen LogP contribution < -0.4 is 0 Å². The number of ether oxygens (including phenoxy) is 1. The zero-order valence-corrected chi connectivity index (χ0v) is 13.9. The number of benzene rings is 2. The molecule has 0 aliphatic heterocycles. The zero-order valence-electron chi connectivity index (χ0n) is 10.2. The van der Waals surface area contributed by atoms with Gasteiger partial charge in [-0.25, -0.2) is 4.39 Å². The van der Waals surface area contributed by atoms with Crippen LogP contribution in [-0.4, -0.2) is 4.43 Å². The Morgan fingerprint density at radius 2 is 1.79 bits per heavy atom. The fourth-order valence-corrected chi connectivity index (χ4v) is 2.89. The van der Waals surface area contributed by atoms with Crippen molar-refractivity contribution in [3.05, 3.63) is 69.9 Å². The fraction of sp³-hybridized carbons (Fsp3) is 0.200.